The van der Waals surface area contributed by atoms with Gasteiger partial charge in [-0.15, -0.1) is 0 Å². The Morgan fingerprint density at radius 3 is 2.29 bits per heavy atom. The number of ether oxygens (including phenoxy) is 3. The number of esters is 1. The average molecular weight is 350 g/mol. The predicted molar refractivity (Wildman–Crippen MR) is 93.6 cm³/mol. The Bertz CT molecular complexity index is 675. The van der Waals surface area contributed by atoms with E-state index in [9.17, 15) is 4.79 Å². The third-order valence-electron chi connectivity index (χ3n) is 3.64. The van der Waals surface area contributed by atoms with Gasteiger partial charge in [-0.2, -0.15) is 0 Å². The number of hydrogen-bond donors (Lipinski definition) is 1. The molecule has 0 aliphatic carbocycles. The number of benzene rings is 2. The Morgan fingerprint density at radius 1 is 1.04 bits per heavy atom. The molecule has 0 aromatic heterocycles. The lowest BCUT2D eigenvalue weighted by atomic mass is 10.0. The maximum Gasteiger partial charge on any atom is 0.337 e. The molecule has 0 aliphatic heterocycles. The van der Waals surface area contributed by atoms with E-state index >= 15 is 0 Å². The van der Waals surface area contributed by atoms with Crippen molar-refractivity contribution in [3.63, 3.8) is 0 Å². The number of carbonyl (C=O) groups excluding carboxylic acids is 1. The van der Waals surface area contributed by atoms with Gasteiger partial charge in [-0.1, -0.05) is 35.9 Å². The first-order valence-electron chi connectivity index (χ1n) is 7.36. The molecule has 0 saturated carbocycles. The quantitative estimate of drug-likeness (QED) is 0.772. The van der Waals surface area contributed by atoms with E-state index in [1.54, 1.807) is 19.2 Å². The minimum absolute atomic E-state index is 0.472. The number of para-hydroxylation sites is 2. The van der Waals surface area contributed by atoms with E-state index in [-0.39, 0.29) is 0 Å². The Balaban J connectivity index is 2.41. The molecule has 0 unspecified atom stereocenters. The van der Waals surface area contributed by atoms with Gasteiger partial charge in [0, 0.05) is 12.1 Å². The zero-order valence-electron chi connectivity index (χ0n) is 13.8. The fourth-order valence-electron chi connectivity index (χ4n) is 2.42. The third-order valence-corrected chi connectivity index (χ3v) is 3.89. The van der Waals surface area contributed by atoms with Crippen LogP contribution in [0, 0.1) is 0 Å². The second-order valence-electron chi connectivity index (χ2n) is 5.05. The van der Waals surface area contributed by atoms with Crippen molar-refractivity contribution in [2.24, 2.45) is 0 Å². The lowest BCUT2D eigenvalue weighted by Gasteiger charge is -2.27. The van der Waals surface area contributed by atoms with E-state index in [0.717, 1.165) is 11.3 Å². The second kappa shape index (κ2) is 8.57. The Labute approximate surface area is 146 Å². The van der Waals surface area contributed by atoms with Gasteiger partial charge in [0.2, 0.25) is 0 Å². The SMILES string of the molecule is COC(=O)[C@H](OC)[C@H](Nc1ccccc1OC)c1ccc(Cl)cc1. The van der Waals surface area contributed by atoms with Crippen molar-refractivity contribution in [2.75, 3.05) is 26.6 Å². The molecule has 0 aliphatic rings. The molecule has 1 N–H and O–H groups in total. The monoisotopic (exact) mass is 349 g/mol. The molecule has 2 aromatic carbocycles. The topological polar surface area (TPSA) is 56.8 Å². The van der Waals surface area contributed by atoms with Crippen LogP contribution < -0.4 is 10.1 Å². The van der Waals surface area contributed by atoms with Gasteiger partial charge in [-0.25, -0.2) is 4.79 Å². The van der Waals surface area contributed by atoms with Crippen molar-refractivity contribution in [1.29, 1.82) is 0 Å². The van der Waals surface area contributed by atoms with Crippen molar-refractivity contribution in [3.8, 4) is 5.75 Å². The van der Waals surface area contributed by atoms with Crippen LogP contribution in [0.1, 0.15) is 11.6 Å². The molecule has 6 heteroatoms. The molecule has 2 aromatic rings. The fourth-order valence-corrected chi connectivity index (χ4v) is 2.55. The van der Waals surface area contributed by atoms with E-state index < -0.39 is 18.1 Å². The molecule has 5 nitrogen and oxygen atoms in total. The van der Waals surface area contributed by atoms with Gasteiger partial charge >= 0.3 is 5.97 Å². The van der Waals surface area contributed by atoms with Crippen molar-refractivity contribution in [3.05, 3.63) is 59.1 Å². The predicted octanol–water partition coefficient (Wildman–Crippen LogP) is 3.69. The molecule has 128 valence electrons. The smallest absolute Gasteiger partial charge is 0.337 e. The molecule has 0 fully saturated rings. The number of anilines is 1. The van der Waals surface area contributed by atoms with Crippen molar-refractivity contribution < 1.29 is 19.0 Å². The summed E-state index contributed by atoms with van der Waals surface area (Å²) in [5.41, 5.74) is 1.58. The molecule has 0 amide bonds. The van der Waals surface area contributed by atoms with Crippen molar-refractivity contribution >= 4 is 23.3 Å². The van der Waals surface area contributed by atoms with Gasteiger partial charge in [0.15, 0.2) is 6.10 Å². The first kappa shape index (κ1) is 18.1. The van der Waals surface area contributed by atoms with Crippen LogP contribution in [0.25, 0.3) is 0 Å². The first-order chi connectivity index (χ1) is 11.6. The number of rotatable bonds is 7. The molecule has 0 heterocycles. The number of halogens is 1. The number of methoxy groups -OCH3 is 3. The molecule has 2 atom stereocenters. The lowest BCUT2D eigenvalue weighted by Crippen LogP contribution is -2.35. The molecule has 0 bridgehead atoms. The van der Waals surface area contributed by atoms with E-state index in [4.69, 9.17) is 25.8 Å². The normalized spacial score (nSPS) is 13.0. The molecule has 0 radical (unpaired) electrons. The maximum atomic E-state index is 12.1. The van der Waals surface area contributed by atoms with Crippen LogP contribution in [0.15, 0.2) is 48.5 Å². The summed E-state index contributed by atoms with van der Waals surface area (Å²) in [7, 11) is 4.39. The molecule has 2 rings (SSSR count). The number of carbonyl (C=O) groups is 1. The van der Waals surface area contributed by atoms with E-state index in [2.05, 4.69) is 5.32 Å². The van der Waals surface area contributed by atoms with Crippen LogP contribution in [-0.2, 0) is 14.3 Å². The summed E-state index contributed by atoms with van der Waals surface area (Å²) < 4.78 is 15.6. The van der Waals surface area contributed by atoms with Crippen LogP contribution in [-0.4, -0.2) is 33.4 Å². The van der Waals surface area contributed by atoms with E-state index in [1.807, 2.05) is 36.4 Å². The Kier molecular flexibility index (Phi) is 6.46. The van der Waals surface area contributed by atoms with Gasteiger partial charge in [-0.05, 0) is 29.8 Å². The lowest BCUT2D eigenvalue weighted by molar-refractivity contribution is -0.153. The highest BCUT2D eigenvalue weighted by molar-refractivity contribution is 6.30. The second-order valence-corrected chi connectivity index (χ2v) is 5.49. The number of nitrogens with one attached hydrogen (secondary N) is 1. The number of hydrogen-bond acceptors (Lipinski definition) is 5. The standard InChI is InChI=1S/C18H20ClNO4/c1-22-15-7-5-4-6-14(15)20-16(17(23-2)18(21)24-3)12-8-10-13(19)11-9-12/h4-11,16-17,20H,1-3H3/t16-,17-/m1/s1. The maximum absolute atomic E-state index is 12.1. The van der Waals surface area contributed by atoms with Crippen LogP contribution in [0.2, 0.25) is 5.02 Å². The summed E-state index contributed by atoms with van der Waals surface area (Å²) in [5.74, 6) is 0.191. The minimum Gasteiger partial charge on any atom is -0.495 e. The van der Waals surface area contributed by atoms with Gasteiger partial charge in [0.25, 0.3) is 0 Å². The van der Waals surface area contributed by atoms with Gasteiger partial charge in [-0.3, -0.25) is 0 Å². The molecule has 0 spiro atoms. The Hall–Kier alpha value is -2.24. The van der Waals surface area contributed by atoms with Crippen LogP contribution in [0.3, 0.4) is 0 Å². The van der Waals surface area contributed by atoms with Gasteiger partial charge < -0.3 is 19.5 Å². The summed E-state index contributed by atoms with van der Waals surface area (Å²) in [4.78, 5) is 12.1. The summed E-state index contributed by atoms with van der Waals surface area (Å²) in [6, 6.07) is 14.2. The zero-order valence-corrected chi connectivity index (χ0v) is 14.5. The van der Waals surface area contributed by atoms with Crippen LogP contribution in [0.4, 0.5) is 5.69 Å². The highest BCUT2D eigenvalue weighted by Crippen LogP contribution is 2.31. The van der Waals surface area contributed by atoms with Gasteiger partial charge in [0.1, 0.15) is 5.75 Å². The summed E-state index contributed by atoms with van der Waals surface area (Å²) in [5, 5.41) is 3.92. The zero-order chi connectivity index (χ0) is 17.5. The average Bonchev–Trinajstić information content (AvgIpc) is 2.62. The highest BCUT2D eigenvalue weighted by atomic mass is 35.5. The summed E-state index contributed by atoms with van der Waals surface area (Å²) in [6.07, 6.45) is -0.832. The largest absolute Gasteiger partial charge is 0.495 e. The van der Waals surface area contributed by atoms with Crippen molar-refractivity contribution in [2.45, 2.75) is 12.1 Å². The summed E-state index contributed by atoms with van der Waals surface area (Å²) >= 11 is 5.96. The fraction of sp³-hybridized carbons (Fsp3) is 0.278. The van der Waals surface area contributed by atoms with E-state index in [1.165, 1.54) is 14.2 Å². The summed E-state index contributed by atoms with van der Waals surface area (Å²) in [6.45, 7) is 0. The first-order valence-corrected chi connectivity index (χ1v) is 7.74. The third kappa shape index (κ3) is 4.19. The van der Waals surface area contributed by atoms with Gasteiger partial charge in [0.05, 0.1) is 25.9 Å². The van der Waals surface area contributed by atoms with E-state index in [0.29, 0.717) is 10.8 Å². The van der Waals surface area contributed by atoms with Crippen LogP contribution >= 0.6 is 11.6 Å². The highest BCUT2D eigenvalue weighted by Gasteiger charge is 2.31. The van der Waals surface area contributed by atoms with Crippen molar-refractivity contribution in [1.82, 2.24) is 0 Å². The van der Waals surface area contributed by atoms with Crippen LogP contribution in [0.5, 0.6) is 5.75 Å². The minimum atomic E-state index is -0.832. The molecule has 24 heavy (non-hydrogen) atoms. The Morgan fingerprint density at radius 2 is 1.71 bits per heavy atom. The molecular formula is C18H20ClNO4. The molecular weight excluding hydrogens is 330 g/mol. The molecule has 0 saturated heterocycles.